The van der Waals surface area contributed by atoms with Gasteiger partial charge in [-0.05, 0) is 33.2 Å². The lowest BCUT2D eigenvalue weighted by molar-refractivity contribution is 0.159. The molecule has 0 spiro atoms. The predicted molar refractivity (Wildman–Crippen MR) is 64.0 cm³/mol. The van der Waals surface area contributed by atoms with Gasteiger partial charge in [-0.15, -0.1) is 0 Å². The Morgan fingerprint density at radius 2 is 2.29 bits per heavy atom. The number of nitrogens with one attached hydrogen (secondary N) is 1. The van der Waals surface area contributed by atoms with E-state index in [1.807, 2.05) is 0 Å². The summed E-state index contributed by atoms with van der Waals surface area (Å²) in [4.78, 5) is 2.70. The largest absolute Gasteiger partial charge is 0.315 e. The molecule has 0 amide bonds. The highest BCUT2D eigenvalue weighted by atomic mass is 32.2. The van der Waals surface area contributed by atoms with Gasteiger partial charge in [-0.3, -0.25) is 4.90 Å². The molecule has 0 aromatic rings. The van der Waals surface area contributed by atoms with Crippen molar-refractivity contribution in [2.75, 3.05) is 31.9 Å². The molecule has 1 N–H and O–H groups in total. The van der Waals surface area contributed by atoms with Crippen LogP contribution in [0.5, 0.6) is 0 Å². The third kappa shape index (κ3) is 2.65. The van der Waals surface area contributed by atoms with Crippen molar-refractivity contribution < 1.29 is 0 Å². The van der Waals surface area contributed by atoms with Crippen LogP contribution in [0.3, 0.4) is 0 Å². The summed E-state index contributed by atoms with van der Waals surface area (Å²) in [5, 5.41) is 3.51. The van der Waals surface area contributed by atoms with E-state index in [0.29, 0.717) is 4.75 Å². The Labute approximate surface area is 91.8 Å². The molecule has 0 aliphatic carbocycles. The Kier molecular flexibility index (Phi) is 3.40. The van der Waals surface area contributed by atoms with Crippen molar-refractivity contribution in [3.8, 4) is 0 Å². The summed E-state index contributed by atoms with van der Waals surface area (Å²) in [5.74, 6) is 1.31. The molecule has 1 atom stereocenters. The molecule has 2 aliphatic heterocycles. The predicted octanol–water partition coefficient (Wildman–Crippen LogP) is 1.57. The summed E-state index contributed by atoms with van der Waals surface area (Å²) in [6, 6.07) is 0.809. The minimum Gasteiger partial charge on any atom is -0.315 e. The van der Waals surface area contributed by atoms with Gasteiger partial charge < -0.3 is 5.32 Å². The van der Waals surface area contributed by atoms with Gasteiger partial charge in [0, 0.05) is 36.2 Å². The lowest BCUT2D eigenvalue weighted by Crippen LogP contribution is -2.53. The molecule has 2 heterocycles. The highest BCUT2D eigenvalue weighted by Crippen LogP contribution is 2.31. The summed E-state index contributed by atoms with van der Waals surface area (Å²) >= 11 is 2.13. The van der Waals surface area contributed by atoms with Crippen LogP contribution in [-0.4, -0.2) is 47.6 Å². The summed E-state index contributed by atoms with van der Waals surface area (Å²) in [6.07, 6.45) is 2.75. The van der Waals surface area contributed by atoms with Gasteiger partial charge in [0.25, 0.3) is 0 Å². The molecule has 2 aliphatic rings. The molecule has 82 valence electrons. The van der Waals surface area contributed by atoms with E-state index in [1.165, 1.54) is 44.8 Å². The van der Waals surface area contributed by atoms with Crippen molar-refractivity contribution in [3.63, 3.8) is 0 Å². The summed E-state index contributed by atoms with van der Waals surface area (Å²) in [6.45, 7) is 9.74. The first kappa shape index (κ1) is 10.8. The van der Waals surface area contributed by atoms with E-state index in [4.69, 9.17) is 0 Å². The van der Waals surface area contributed by atoms with E-state index in [1.54, 1.807) is 0 Å². The molecule has 0 aromatic carbocycles. The standard InChI is InChI=1S/C11H22N2S/c1-11(2)9-13(6-7-14-11)10-4-3-5-12-8-10/h10,12H,3-9H2,1-2H3. The van der Waals surface area contributed by atoms with Crippen LogP contribution in [0.15, 0.2) is 0 Å². The Balaban J connectivity index is 1.89. The number of rotatable bonds is 1. The van der Waals surface area contributed by atoms with E-state index in [0.717, 1.165) is 6.04 Å². The molecular weight excluding hydrogens is 192 g/mol. The highest BCUT2D eigenvalue weighted by Gasteiger charge is 2.31. The maximum atomic E-state index is 3.51. The van der Waals surface area contributed by atoms with Crippen molar-refractivity contribution in [3.05, 3.63) is 0 Å². The molecule has 2 rings (SSSR count). The molecule has 3 heteroatoms. The van der Waals surface area contributed by atoms with Gasteiger partial charge >= 0.3 is 0 Å². The Morgan fingerprint density at radius 3 is 2.93 bits per heavy atom. The Hall–Kier alpha value is 0.270. The minimum absolute atomic E-state index is 0.468. The van der Waals surface area contributed by atoms with Crippen molar-refractivity contribution >= 4 is 11.8 Å². The van der Waals surface area contributed by atoms with E-state index < -0.39 is 0 Å². The molecule has 0 bridgehead atoms. The second kappa shape index (κ2) is 4.42. The second-order valence-electron chi connectivity index (χ2n) is 5.08. The zero-order valence-corrected chi connectivity index (χ0v) is 10.2. The van der Waals surface area contributed by atoms with Gasteiger partial charge in [0.15, 0.2) is 0 Å². The lowest BCUT2D eigenvalue weighted by Gasteiger charge is -2.43. The van der Waals surface area contributed by atoms with Crippen molar-refractivity contribution in [1.29, 1.82) is 0 Å². The molecule has 0 aromatic heterocycles. The quantitative estimate of drug-likeness (QED) is 0.713. The third-order valence-corrected chi connectivity index (χ3v) is 4.54. The average molecular weight is 214 g/mol. The maximum absolute atomic E-state index is 3.51. The Morgan fingerprint density at radius 1 is 1.43 bits per heavy atom. The van der Waals surface area contributed by atoms with Crippen molar-refractivity contribution in [1.82, 2.24) is 10.2 Å². The average Bonchev–Trinajstić information content (AvgIpc) is 2.18. The molecular formula is C11H22N2S. The molecule has 14 heavy (non-hydrogen) atoms. The lowest BCUT2D eigenvalue weighted by atomic mass is 10.0. The first-order chi connectivity index (χ1) is 6.67. The second-order valence-corrected chi connectivity index (χ2v) is 6.88. The fourth-order valence-electron chi connectivity index (χ4n) is 2.51. The maximum Gasteiger partial charge on any atom is 0.0231 e. The third-order valence-electron chi connectivity index (χ3n) is 3.24. The minimum atomic E-state index is 0.468. The molecule has 2 fully saturated rings. The SMILES string of the molecule is CC1(C)CN(C2CCCNC2)CCS1. The first-order valence-corrected chi connectivity index (χ1v) is 6.75. The normalized spacial score (nSPS) is 34.3. The summed E-state index contributed by atoms with van der Waals surface area (Å²) in [7, 11) is 0. The van der Waals surface area contributed by atoms with Gasteiger partial charge in [0.05, 0.1) is 0 Å². The highest BCUT2D eigenvalue weighted by molar-refractivity contribution is 8.00. The molecule has 0 radical (unpaired) electrons. The topological polar surface area (TPSA) is 15.3 Å². The van der Waals surface area contributed by atoms with Crippen LogP contribution in [0.2, 0.25) is 0 Å². The molecule has 1 unspecified atom stereocenters. The van der Waals surface area contributed by atoms with Crippen LogP contribution in [0, 0.1) is 0 Å². The molecule has 2 saturated heterocycles. The summed E-state index contributed by atoms with van der Waals surface area (Å²) in [5.41, 5.74) is 0. The van der Waals surface area contributed by atoms with Crippen LogP contribution in [0.4, 0.5) is 0 Å². The van der Waals surface area contributed by atoms with Crippen LogP contribution in [0.1, 0.15) is 26.7 Å². The monoisotopic (exact) mass is 214 g/mol. The number of hydrogen-bond donors (Lipinski definition) is 1. The van der Waals surface area contributed by atoms with Crippen LogP contribution < -0.4 is 5.32 Å². The van der Waals surface area contributed by atoms with E-state index in [2.05, 4.69) is 35.8 Å². The van der Waals surface area contributed by atoms with Crippen molar-refractivity contribution in [2.24, 2.45) is 0 Å². The zero-order valence-electron chi connectivity index (χ0n) is 9.38. The van der Waals surface area contributed by atoms with Gasteiger partial charge in [-0.2, -0.15) is 11.8 Å². The van der Waals surface area contributed by atoms with Crippen molar-refractivity contribution in [2.45, 2.75) is 37.5 Å². The number of hydrogen-bond acceptors (Lipinski definition) is 3. The molecule has 2 nitrogen and oxygen atoms in total. The van der Waals surface area contributed by atoms with E-state index >= 15 is 0 Å². The molecule has 0 saturated carbocycles. The fourth-order valence-corrected chi connectivity index (χ4v) is 3.65. The van der Waals surface area contributed by atoms with Crippen LogP contribution >= 0.6 is 11.8 Å². The van der Waals surface area contributed by atoms with Crippen LogP contribution in [-0.2, 0) is 0 Å². The summed E-state index contributed by atoms with van der Waals surface area (Å²) < 4.78 is 0.468. The van der Waals surface area contributed by atoms with Gasteiger partial charge in [0.1, 0.15) is 0 Å². The zero-order chi connectivity index (χ0) is 10.0. The van der Waals surface area contributed by atoms with E-state index in [9.17, 15) is 0 Å². The first-order valence-electron chi connectivity index (χ1n) is 5.76. The van der Waals surface area contributed by atoms with Gasteiger partial charge in [-0.1, -0.05) is 0 Å². The van der Waals surface area contributed by atoms with Gasteiger partial charge in [0.2, 0.25) is 0 Å². The van der Waals surface area contributed by atoms with E-state index in [-0.39, 0.29) is 0 Å². The number of nitrogens with zero attached hydrogens (tertiary/aromatic N) is 1. The number of thioether (sulfide) groups is 1. The smallest absolute Gasteiger partial charge is 0.0231 e. The van der Waals surface area contributed by atoms with Crippen LogP contribution in [0.25, 0.3) is 0 Å². The fraction of sp³-hybridized carbons (Fsp3) is 1.00. The number of piperidine rings is 1. The Bertz CT molecular complexity index is 188. The van der Waals surface area contributed by atoms with Gasteiger partial charge in [-0.25, -0.2) is 0 Å².